The van der Waals surface area contributed by atoms with Crippen molar-refractivity contribution < 1.29 is 27.5 Å². The Morgan fingerprint density at radius 3 is 2.68 bits per heavy atom. The molecule has 0 aliphatic heterocycles. The Balaban J connectivity index is 1.34. The first-order chi connectivity index (χ1) is 16.0. The van der Waals surface area contributed by atoms with Crippen molar-refractivity contribution >= 4 is 27.7 Å². The smallest absolute Gasteiger partial charge is 0.407 e. The van der Waals surface area contributed by atoms with Crippen molar-refractivity contribution in [2.24, 2.45) is 0 Å². The topological polar surface area (TPSA) is 139 Å². The fourth-order valence-electron chi connectivity index (χ4n) is 4.22. The molecule has 4 rings (SSSR count). The van der Waals surface area contributed by atoms with Crippen LogP contribution in [0.5, 0.6) is 5.75 Å². The molecule has 3 N–H and O–H groups in total. The minimum atomic E-state index is -3.50. The average Bonchev–Trinajstić information content (AvgIpc) is 3.13. The molecule has 2 fully saturated rings. The Hall–Kier alpha value is -3.08. The van der Waals surface area contributed by atoms with Crippen molar-refractivity contribution in [2.75, 3.05) is 18.7 Å². The van der Waals surface area contributed by atoms with E-state index in [1.54, 1.807) is 18.2 Å². The summed E-state index contributed by atoms with van der Waals surface area (Å²) in [4.78, 5) is 24.8. The van der Waals surface area contributed by atoms with Gasteiger partial charge in [0.05, 0.1) is 18.4 Å². The second-order valence-corrected chi connectivity index (χ2v) is 11.4. The predicted molar refractivity (Wildman–Crippen MR) is 125 cm³/mol. The van der Waals surface area contributed by atoms with Gasteiger partial charge in [0, 0.05) is 29.5 Å². The van der Waals surface area contributed by atoms with Crippen LogP contribution in [0.1, 0.15) is 56.2 Å². The number of H-pyrrole nitrogens is 1. The van der Waals surface area contributed by atoms with Gasteiger partial charge in [0.15, 0.2) is 15.7 Å². The zero-order chi connectivity index (χ0) is 24.5. The van der Waals surface area contributed by atoms with Crippen LogP contribution < -0.4 is 15.4 Å². The summed E-state index contributed by atoms with van der Waals surface area (Å²) in [6, 6.07) is 6.29. The monoisotopic (exact) mass is 490 g/mol. The molecule has 2 aromatic rings. The first-order valence-corrected chi connectivity index (χ1v) is 13.1. The van der Waals surface area contributed by atoms with E-state index in [0.717, 1.165) is 37.6 Å². The zero-order valence-electron chi connectivity index (χ0n) is 19.5. The number of benzene rings is 1. The van der Waals surface area contributed by atoms with E-state index in [1.807, 2.05) is 6.92 Å². The maximum absolute atomic E-state index is 12.6. The summed E-state index contributed by atoms with van der Waals surface area (Å²) in [5.41, 5.74) is 1.09. The molecule has 2 atom stereocenters. The predicted octanol–water partition coefficient (Wildman–Crippen LogP) is 2.92. The Morgan fingerprint density at radius 1 is 1.24 bits per heavy atom. The number of alkyl carbamates (subject to hydrolysis) is 1. The number of methoxy groups -OCH3 is 1. The number of nitrogens with zero attached hydrogens (tertiary/aromatic N) is 1. The van der Waals surface area contributed by atoms with Gasteiger partial charge in [-0.1, -0.05) is 0 Å². The highest BCUT2D eigenvalue weighted by molar-refractivity contribution is 7.90. The number of sulfone groups is 1. The normalized spacial score (nSPS) is 21.0. The quantitative estimate of drug-likeness (QED) is 0.517. The molecule has 0 unspecified atom stereocenters. The second-order valence-electron chi connectivity index (χ2n) is 9.40. The summed E-state index contributed by atoms with van der Waals surface area (Å²) in [6.45, 7) is 2.00. The lowest BCUT2D eigenvalue weighted by Gasteiger charge is -2.16. The van der Waals surface area contributed by atoms with E-state index < -0.39 is 15.7 Å². The van der Waals surface area contributed by atoms with Gasteiger partial charge in [-0.3, -0.25) is 9.89 Å². The number of carbonyl (C=O) groups is 2. The van der Waals surface area contributed by atoms with Crippen LogP contribution in [0, 0.1) is 0 Å². The van der Waals surface area contributed by atoms with Crippen LogP contribution >= 0.6 is 0 Å². The first-order valence-electron chi connectivity index (χ1n) is 11.3. The molecule has 1 aromatic carbocycles. The highest BCUT2D eigenvalue weighted by Crippen LogP contribution is 2.37. The molecule has 0 bridgehead atoms. The Bertz CT molecular complexity index is 1190. The van der Waals surface area contributed by atoms with E-state index in [9.17, 15) is 18.0 Å². The molecule has 2 aliphatic rings. The summed E-state index contributed by atoms with van der Waals surface area (Å²) >= 11 is 0. The maximum Gasteiger partial charge on any atom is 0.407 e. The minimum Gasteiger partial charge on any atom is -0.497 e. The molecular formula is C23H30N4O6S. The Kier molecular flexibility index (Phi) is 6.57. The van der Waals surface area contributed by atoms with Crippen LogP contribution in [0.2, 0.25) is 0 Å². The molecule has 184 valence electrons. The lowest BCUT2D eigenvalue weighted by atomic mass is 10.0. The van der Waals surface area contributed by atoms with Gasteiger partial charge in [-0.25, -0.2) is 13.2 Å². The summed E-state index contributed by atoms with van der Waals surface area (Å²) in [7, 11) is -2.03. The van der Waals surface area contributed by atoms with Gasteiger partial charge in [0.1, 0.15) is 11.9 Å². The van der Waals surface area contributed by atoms with Gasteiger partial charge in [0.2, 0.25) is 5.91 Å². The van der Waals surface area contributed by atoms with Crippen LogP contribution in [0.4, 0.5) is 10.6 Å². The Labute approximate surface area is 198 Å². The number of carbonyl (C=O) groups excluding carboxylic acids is 2. The number of rotatable bonds is 8. The molecule has 34 heavy (non-hydrogen) atoms. The van der Waals surface area contributed by atoms with Crippen molar-refractivity contribution in [2.45, 2.75) is 67.9 Å². The fraction of sp³-hybridized carbons (Fsp3) is 0.522. The van der Waals surface area contributed by atoms with Gasteiger partial charge in [-0.15, -0.1) is 0 Å². The minimum absolute atomic E-state index is 0.0860. The van der Waals surface area contributed by atoms with E-state index in [1.165, 1.54) is 13.2 Å². The van der Waals surface area contributed by atoms with Crippen molar-refractivity contribution in [3.05, 3.63) is 35.5 Å². The van der Waals surface area contributed by atoms with Gasteiger partial charge >= 0.3 is 6.09 Å². The zero-order valence-corrected chi connectivity index (χ0v) is 20.3. The SMILES string of the molecule is COc1ccc(S(C)(=O)=O)c(CC(=O)Nc2cc([C@H]3CC[C@@H](OC(=O)NC4(C)CC4)C3)[nH]n2)c1. The molecule has 1 aromatic heterocycles. The number of aromatic amines is 1. The third-order valence-corrected chi connectivity index (χ3v) is 7.58. The highest BCUT2D eigenvalue weighted by atomic mass is 32.2. The van der Waals surface area contributed by atoms with E-state index in [2.05, 4.69) is 20.8 Å². The lowest BCUT2D eigenvalue weighted by molar-refractivity contribution is -0.115. The third kappa shape index (κ3) is 5.88. The van der Waals surface area contributed by atoms with Gasteiger partial charge < -0.3 is 20.1 Å². The average molecular weight is 491 g/mol. The van der Waals surface area contributed by atoms with E-state index in [4.69, 9.17) is 9.47 Å². The Morgan fingerprint density at radius 2 is 2.00 bits per heavy atom. The molecule has 2 saturated carbocycles. The molecule has 2 aliphatic carbocycles. The summed E-state index contributed by atoms with van der Waals surface area (Å²) in [5, 5.41) is 12.7. The van der Waals surface area contributed by atoms with Crippen molar-refractivity contribution in [3.8, 4) is 5.75 Å². The number of aromatic nitrogens is 2. The number of hydrogen-bond acceptors (Lipinski definition) is 7. The summed E-state index contributed by atoms with van der Waals surface area (Å²) < 4.78 is 34.9. The van der Waals surface area contributed by atoms with Crippen LogP contribution in [-0.2, 0) is 25.8 Å². The maximum atomic E-state index is 12.6. The van der Waals surface area contributed by atoms with Gasteiger partial charge in [-0.05, 0) is 62.8 Å². The number of amides is 2. The summed E-state index contributed by atoms with van der Waals surface area (Å²) in [5.74, 6) is 0.569. The third-order valence-electron chi connectivity index (χ3n) is 6.39. The van der Waals surface area contributed by atoms with E-state index in [0.29, 0.717) is 23.6 Å². The standard InChI is InChI=1S/C23H30N4O6S/c1-23(8-9-23)25-22(29)33-17-5-4-14(10-17)18-13-20(27-26-18)24-21(28)12-15-11-16(32-2)6-7-19(15)34(3,30)31/h6-7,11,13-14,17H,4-5,8-10,12H2,1-3H3,(H,25,29)(H2,24,26,27,28)/t14-,17+/m0/s1. The molecular weight excluding hydrogens is 460 g/mol. The van der Waals surface area contributed by atoms with Crippen molar-refractivity contribution in [1.82, 2.24) is 15.5 Å². The first kappa shape index (κ1) is 24.1. The summed E-state index contributed by atoms with van der Waals surface area (Å²) in [6.07, 6.45) is 4.68. The molecule has 0 saturated heterocycles. The van der Waals surface area contributed by atoms with E-state index in [-0.39, 0.29) is 35.0 Å². The largest absolute Gasteiger partial charge is 0.497 e. The molecule has 2 amide bonds. The van der Waals surface area contributed by atoms with Crippen molar-refractivity contribution in [1.29, 1.82) is 0 Å². The van der Waals surface area contributed by atoms with E-state index >= 15 is 0 Å². The molecule has 1 heterocycles. The molecule has 11 heteroatoms. The number of anilines is 1. The molecule has 0 spiro atoms. The number of hydrogen-bond donors (Lipinski definition) is 3. The van der Waals surface area contributed by atoms with Gasteiger partial charge in [0.25, 0.3) is 0 Å². The number of ether oxygens (including phenoxy) is 2. The second kappa shape index (κ2) is 9.28. The highest BCUT2D eigenvalue weighted by Gasteiger charge is 2.40. The van der Waals surface area contributed by atoms with Crippen LogP contribution in [-0.4, -0.2) is 55.6 Å². The fourth-order valence-corrected chi connectivity index (χ4v) is 5.14. The number of nitrogens with one attached hydrogen (secondary N) is 3. The van der Waals surface area contributed by atoms with Gasteiger partial charge in [-0.2, -0.15) is 5.10 Å². The lowest BCUT2D eigenvalue weighted by Crippen LogP contribution is -2.36. The molecule has 0 radical (unpaired) electrons. The van der Waals surface area contributed by atoms with Crippen LogP contribution in [0.25, 0.3) is 0 Å². The van der Waals surface area contributed by atoms with Crippen LogP contribution in [0.3, 0.4) is 0 Å². The molecule has 10 nitrogen and oxygen atoms in total. The van der Waals surface area contributed by atoms with Crippen LogP contribution in [0.15, 0.2) is 29.2 Å². The van der Waals surface area contributed by atoms with Crippen molar-refractivity contribution in [3.63, 3.8) is 0 Å².